The molecule has 21 heavy (non-hydrogen) atoms. The van der Waals surface area contributed by atoms with Gasteiger partial charge in [0.05, 0.1) is 5.75 Å². The van der Waals surface area contributed by atoms with Crippen molar-refractivity contribution in [1.29, 1.82) is 0 Å². The predicted octanol–water partition coefficient (Wildman–Crippen LogP) is 2.12. The van der Waals surface area contributed by atoms with Crippen molar-refractivity contribution in [2.75, 3.05) is 12.3 Å². The van der Waals surface area contributed by atoms with Crippen LogP contribution in [0.15, 0.2) is 48.8 Å². The Morgan fingerprint density at radius 2 is 1.81 bits per heavy atom. The standard InChI is InChI=1S/C16H22N2O2S/c1-18-12-10-16(14-18)9-11-17-21(19,20)13-5-8-15-6-3-2-4-7-15/h2-4,6-7,10,12,14,17H,5,8-9,11,13H2,1H3. The Kier molecular flexibility index (Phi) is 5.59. The SMILES string of the molecule is Cn1ccc(CCNS(=O)(=O)CCCc2ccccc2)c1. The minimum Gasteiger partial charge on any atom is -0.357 e. The average Bonchev–Trinajstić information content (AvgIpc) is 2.85. The third kappa shape index (κ3) is 5.73. The van der Waals surface area contributed by atoms with E-state index in [1.54, 1.807) is 0 Å². The maximum Gasteiger partial charge on any atom is 0.211 e. The van der Waals surface area contributed by atoms with Gasteiger partial charge < -0.3 is 4.57 Å². The van der Waals surface area contributed by atoms with Crippen LogP contribution in [0.3, 0.4) is 0 Å². The van der Waals surface area contributed by atoms with E-state index in [4.69, 9.17) is 0 Å². The molecule has 0 saturated heterocycles. The summed E-state index contributed by atoms with van der Waals surface area (Å²) in [7, 11) is -1.22. The molecule has 0 bridgehead atoms. The number of aryl methyl sites for hydroxylation is 2. The minimum absolute atomic E-state index is 0.177. The zero-order valence-corrected chi connectivity index (χ0v) is 13.1. The maximum absolute atomic E-state index is 11.9. The molecule has 0 atom stereocenters. The first-order valence-corrected chi connectivity index (χ1v) is 8.82. The molecule has 1 heterocycles. The van der Waals surface area contributed by atoms with E-state index in [1.807, 2.05) is 60.4 Å². The van der Waals surface area contributed by atoms with Crippen LogP contribution in [0, 0.1) is 0 Å². The molecule has 0 amide bonds. The molecule has 2 aromatic rings. The summed E-state index contributed by atoms with van der Waals surface area (Å²) in [5.74, 6) is 0.177. The van der Waals surface area contributed by atoms with E-state index in [0.717, 1.165) is 18.4 Å². The van der Waals surface area contributed by atoms with Crippen LogP contribution in [0.1, 0.15) is 17.5 Å². The van der Waals surface area contributed by atoms with Gasteiger partial charge in [0.15, 0.2) is 0 Å². The van der Waals surface area contributed by atoms with Crippen molar-refractivity contribution in [2.45, 2.75) is 19.3 Å². The van der Waals surface area contributed by atoms with Gasteiger partial charge >= 0.3 is 0 Å². The first-order valence-electron chi connectivity index (χ1n) is 7.17. The van der Waals surface area contributed by atoms with E-state index in [-0.39, 0.29) is 5.75 Å². The lowest BCUT2D eigenvalue weighted by Crippen LogP contribution is -2.28. The molecule has 0 spiro atoms. The van der Waals surface area contributed by atoms with Crippen LogP contribution in [0.25, 0.3) is 0 Å². The molecule has 0 aliphatic carbocycles. The van der Waals surface area contributed by atoms with Crippen LogP contribution in [0.2, 0.25) is 0 Å². The van der Waals surface area contributed by atoms with Gasteiger partial charge in [0.25, 0.3) is 0 Å². The lowest BCUT2D eigenvalue weighted by molar-refractivity contribution is 0.579. The van der Waals surface area contributed by atoms with Gasteiger partial charge in [-0.1, -0.05) is 30.3 Å². The smallest absolute Gasteiger partial charge is 0.211 e. The fraction of sp³-hybridized carbons (Fsp3) is 0.375. The van der Waals surface area contributed by atoms with Gasteiger partial charge in [-0.05, 0) is 36.5 Å². The zero-order chi connectivity index (χ0) is 15.1. The summed E-state index contributed by atoms with van der Waals surface area (Å²) < 4.78 is 28.4. The second kappa shape index (κ2) is 7.43. The van der Waals surface area contributed by atoms with Crippen molar-refractivity contribution >= 4 is 10.0 Å². The van der Waals surface area contributed by atoms with Gasteiger partial charge in [0.2, 0.25) is 10.0 Å². The van der Waals surface area contributed by atoms with Crippen LogP contribution < -0.4 is 4.72 Å². The van der Waals surface area contributed by atoms with Gasteiger partial charge in [0, 0.05) is 26.0 Å². The number of benzene rings is 1. The second-order valence-electron chi connectivity index (χ2n) is 5.24. The van der Waals surface area contributed by atoms with E-state index < -0.39 is 10.0 Å². The van der Waals surface area contributed by atoms with Gasteiger partial charge in [-0.15, -0.1) is 0 Å². The molecule has 5 heteroatoms. The highest BCUT2D eigenvalue weighted by molar-refractivity contribution is 7.89. The molecule has 4 nitrogen and oxygen atoms in total. The fourth-order valence-electron chi connectivity index (χ4n) is 2.24. The number of hydrogen-bond acceptors (Lipinski definition) is 2. The molecule has 0 saturated carbocycles. The Labute approximate surface area is 126 Å². The van der Waals surface area contributed by atoms with Crippen LogP contribution in [0.5, 0.6) is 0 Å². The van der Waals surface area contributed by atoms with Crippen molar-refractivity contribution in [1.82, 2.24) is 9.29 Å². The molecule has 0 radical (unpaired) electrons. The summed E-state index contributed by atoms with van der Waals surface area (Å²) in [5.41, 5.74) is 2.32. The molecule has 2 rings (SSSR count). The topological polar surface area (TPSA) is 51.1 Å². The van der Waals surface area contributed by atoms with Gasteiger partial charge in [-0.25, -0.2) is 13.1 Å². The maximum atomic E-state index is 11.9. The molecule has 1 aromatic carbocycles. The fourth-order valence-corrected chi connectivity index (χ4v) is 3.32. The summed E-state index contributed by atoms with van der Waals surface area (Å²) >= 11 is 0. The van der Waals surface area contributed by atoms with E-state index in [2.05, 4.69) is 4.72 Å². The normalized spacial score (nSPS) is 11.7. The molecule has 0 aliphatic heterocycles. The number of hydrogen-bond donors (Lipinski definition) is 1. The summed E-state index contributed by atoms with van der Waals surface area (Å²) in [6, 6.07) is 12.0. The Morgan fingerprint density at radius 1 is 1.05 bits per heavy atom. The van der Waals surface area contributed by atoms with Crippen LogP contribution in [-0.4, -0.2) is 25.3 Å². The van der Waals surface area contributed by atoms with Gasteiger partial charge in [0.1, 0.15) is 0 Å². The number of rotatable bonds is 8. The number of aromatic nitrogens is 1. The van der Waals surface area contributed by atoms with Crippen LogP contribution in [0.4, 0.5) is 0 Å². The Morgan fingerprint density at radius 3 is 2.48 bits per heavy atom. The molecular formula is C16H22N2O2S. The van der Waals surface area contributed by atoms with Crippen molar-refractivity contribution in [2.24, 2.45) is 7.05 Å². The molecule has 0 unspecified atom stereocenters. The van der Waals surface area contributed by atoms with Crippen molar-refractivity contribution in [3.63, 3.8) is 0 Å². The second-order valence-corrected chi connectivity index (χ2v) is 7.16. The van der Waals surface area contributed by atoms with Crippen molar-refractivity contribution in [3.8, 4) is 0 Å². The van der Waals surface area contributed by atoms with Crippen molar-refractivity contribution < 1.29 is 8.42 Å². The van der Waals surface area contributed by atoms with Crippen LogP contribution in [-0.2, 0) is 29.9 Å². The average molecular weight is 306 g/mol. The number of sulfonamides is 1. The monoisotopic (exact) mass is 306 g/mol. The molecule has 1 N–H and O–H groups in total. The molecule has 0 aliphatic rings. The van der Waals surface area contributed by atoms with E-state index >= 15 is 0 Å². The summed E-state index contributed by atoms with van der Waals surface area (Å²) in [6.07, 6.45) is 6.12. The highest BCUT2D eigenvalue weighted by atomic mass is 32.2. The zero-order valence-electron chi connectivity index (χ0n) is 12.3. The lowest BCUT2D eigenvalue weighted by Gasteiger charge is -2.06. The lowest BCUT2D eigenvalue weighted by atomic mass is 10.1. The third-order valence-corrected chi connectivity index (χ3v) is 4.82. The van der Waals surface area contributed by atoms with Crippen molar-refractivity contribution in [3.05, 3.63) is 59.9 Å². The summed E-state index contributed by atoms with van der Waals surface area (Å²) in [5, 5.41) is 0. The van der Waals surface area contributed by atoms with Gasteiger partial charge in [-0.3, -0.25) is 0 Å². The summed E-state index contributed by atoms with van der Waals surface area (Å²) in [6.45, 7) is 0.456. The Hall–Kier alpha value is -1.59. The first-order chi connectivity index (χ1) is 10.1. The molecule has 1 aromatic heterocycles. The minimum atomic E-state index is -3.17. The van der Waals surface area contributed by atoms with E-state index in [9.17, 15) is 8.42 Å². The van der Waals surface area contributed by atoms with Crippen LogP contribution >= 0.6 is 0 Å². The Bertz CT molecular complexity index is 648. The molecule has 114 valence electrons. The van der Waals surface area contributed by atoms with Gasteiger partial charge in [-0.2, -0.15) is 0 Å². The summed E-state index contributed by atoms with van der Waals surface area (Å²) in [4.78, 5) is 0. The quantitative estimate of drug-likeness (QED) is 0.812. The molecule has 0 fully saturated rings. The number of nitrogens with one attached hydrogen (secondary N) is 1. The highest BCUT2D eigenvalue weighted by Gasteiger charge is 2.09. The number of nitrogens with zero attached hydrogens (tertiary/aromatic N) is 1. The predicted molar refractivity (Wildman–Crippen MR) is 85.7 cm³/mol. The molecular weight excluding hydrogens is 284 g/mol. The van der Waals surface area contributed by atoms with E-state index in [1.165, 1.54) is 5.56 Å². The van der Waals surface area contributed by atoms with E-state index in [0.29, 0.717) is 13.0 Å². The third-order valence-electron chi connectivity index (χ3n) is 3.35. The first kappa shape index (κ1) is 15.8. The largest absolute Gasteiger partial charge is 0.357 e. The Balaban J connectivity index is 1.69. The highest BCUT2D eigenvalue weighted by Crippen LogP contribution is 2.04.